The Hall–Kier alpha value is -1.67. The van der Waals surface area contributed by atoms with Gasteiger partial charge in [-0.15, -0.1) is 0 Å². The van der Waals surface area contributed by atoms with Crippen LogP contribution in [0, 0.1) is 0 Å². The molecule has 1 aromatic rings. The van der Waals surface area contributed by atoms with E-state index < -0.39 is 6.04 Å². The summed E-state index contributed by atoms with van der Waals surface area (Å²) >= 11 is 0. The largest absolute Gasteiger partial charge is 0.394 e. The van der Waals surface area contributed by atoms with Crippen LogP contribution in [0.25, 0.3) is 0 Å². The molecule has 1 heterocycles. The summed E-state index contributed by atoms with van der Waals surface area (Å²) in [6.07, 6.45) is 0. The Morgan fingerprint density at radius 1 is 1.11 bits per heavy atom. The summed E-state index contributed by atoms with van der Waals surface area (Å²) < 4.78 is 0. The molecule has 0 bridgehead atoms. The Labute approximate surface area is 106 Å². The third-order valence-corrected chi connectivity index (χ3v) is 2.13. The summed E-state index contributed by atoms with van der Waals surface area (Å²) in [5.74, 6) is 1.27. The van der Waals surface area contributed by atoms with E-state index in [-0.39, 0.29) is 13.2 Å². The minimum atomic E-state index is -0.489. The van der Waals surface area contributed by atoms with Crippen LogP contribution < -0.4 is 15.5 Å². The van der Waals surface area contributed by atoms with Gasteiger partial charge in [0, 0.05) is 20.6 Å². The van der Waals surface area contributed by atoms with Gasteiger partial charge in [-0.2, -0.15) is 15.0 Å². The summed E-state index contributed by atoms with van der Waals surface area (Å²) in [7, 11) is 3.65. The molecule has 1 rings (SSSR count). The van der Waals surface area contributed by atoms with E-state index in [1.54, 1.807) is 4.90 Å². The highest BCUT2D eigenvalue weighted by molar-refractivity contribution is 5.43. The van der Waals surface area contributed by atoms with Crippen LogP contribution in [0.1, 0.15) is 6.92 Å². The summed E-state index contributed by atoms with van der Waals surface area (Å²) in [6.45, 7) is 2.24. The zero-order valence-corrected chi connectivity index (χ0v) is 10.9. The van der Waals surface area contributed by atoms with Crippen LogP contribution in [0.3, 0.4) is 0 Å². The van der Waals surface area contributed by atoms with Crippen molar-refractivity contribution in [1.82, 2.24) is 15.0 Å². The van der Waals surface area contributed by atoms with Gasteiger partial charge in [0.2, 0.25) is 17.8 Å². The van der Waals surface area contributed by atoms with E-state index in [2.05, 4.69) is 25.6 Å². The molecule has 0 radical (unpaired) electrons. The first-order valence-corrected chi connectivity index (χ1v) is 5.76. The van der Waals surface area contributed by atoms with Crippen LogP contribution in [0.4, 0.5) is 17.8 Å². The van der Waals surface area contributed by atoms with Crippen molar-refractivity contribution >= 4 is 17.8 Å². The van der Waals surface area contributed by atoms with Gasteiger partial charge in [-0.25, -0.2) is 0 Å². The fraction of sp³-hybridized carbons (Fsp3) is 0.700. The highest BCUT2D eigenvalue weighted by Gasteiger charge is 2.11. The van der Waals surface area contributed by atoms with Crippen molar-refractivity contribution in [2.75, 3.05) is 49.4 Å². The number of rotatable bonds is 7. The summed E-state index contributed by atoms with van der Waals surface area (Å²) in [6, 6.07) is -0.489. The molecule has 0 aliphatic rings. The van der Waals surface area contributed by atoms with Crippen LogP contribution in [0.5, 0.6) is 0 Å². The second-order valence-corrected chi connectivity index (χ2v) is 3.91. The molecular weight excluding hydrogens is 236 g/mol. The third-order valence-electron chi connectivity index (χ3n) is 2.13. The molecule has 18 heavy (non-hydrogen) atoms. The first-order chi connectivity index (χ1) is 8.60. The second-order valence-electron chi connectivity index (χ2n) is 3.91. The molecule has 0 fully saturated rings. The van der Waals surface area contributed by atoms with Gasteiger partial charge in [-0.1, -0.05) is 0 Å². The SMILES string of the molecule is CCNc1nc(NC(CO)CO)nc(N(C)C)n1. The molecule has 4 N–H and O–H groups in total. The molecule has 0 unspecified atom stereocenters. The van der Waals surface area contributed by atoms with Crippen molar-refractivity contribution in [2.24, 2.45) is 0 Å². The van der Waals surface area contributed by atoms with Crippen LogP contribution in [-0.4, -0.2) is 65.1 Å². The van der Waals surface area contributed by atoms with Crippen LogP contribution in [0.15, 0.2) is 0 Å². The topological polar surface area (TPSA) is 106 Å². The lowest BCUT2D eigenvalue weighted by Crippen LogP contribution is -2.29. The fourth-order valence-corrected chi connectivity index (χ4v) is 1.20. The quantitative estimate of drug-likeness (QED) is 0.499. The average molecular weight is 256 g/mol. The number of aliphatic hydroxyl groups is 2. The highest BCUT2D eigenvalue weighted by Crippen LogP contribution is 2.11. The maximum atomic E-state index is 9.02. The Morgan fingerprint density at radius 2 is 1.72 bits per heavy atom. The summed E-state index contributed by atoms with van der Waals surface area (Å²) in [5.41, 5.74) is 0. The van der Waals surface area contributed by atoms with Crippen molar-refractivity contribution in [1.29, 1.82) is 0 Å². The van der Waals surface area contributed by atoms with E-state index >= 15 is 0 Å². The summed E-state index contributed by atoms with van der Waals surface area (Å²) in [5, 5.41) is 23.9. The number of hydrogen-bond acceptors (Lipinski definition) is 8. The Bertz CT molecular complexity index is 369. The molecule has 0 saturated carbocycles. The van der Waals surface area contributed by atoms with Crippen LogP contribution in [-0.2, 0) is 0 Å². The maximum Gasteiger partial charge on any atom is 0.231 e. The predicted octanol–water partition coefficient (Wildman–Crippen LogP) is -0.865. The zero-order chi connectivity index (χ0) is 13.5. The number of hydrogen-bond donors (Lipinski definition) is 4. The van der Waals surface area contributed by atoms with Crippen molar-refractivity contribution in [2.45, 2.75) is 13.0 Å². The molecule has 8 heteroatoms. The van der Waals surface area contributed by atoms with Crippen molar-refractivity contribution < 1.29 is 10.2 Å². The number of nitrogens with one attached hydrogen (secondary N) is 2. The molecule has 0 atom stereocenters. The lowest BCUT2D eigenvalue weighted by molar-refractivity contribution is 0.203. The van der Waals surface area contributed by atoms with Gasteiger partial charge in [-0.05, 0) is 6.92 Å². The molecule has 0 spiro atoms. The molecule has 0 amide bonds. The van der Waals surface area contributed by atoms with Gasteiger partial charge >= 0.3 is 0 Å². The number of nitrogens with zero attached hydrogens (tertiary/aromatic N) is 4. The molecule has 8 nitrogen and oxygen atoms in total. The van der Waals surface area contributed by atoms with Crippen molar-refractivity contribution in [3.63, 3.8) is 0 Å². The van der Waals surface area contributed by atoms with Gasteiger partial charge < -0.3 is 25.7 Å². The van der Waals surface area contributed by atoms with Crippen LogP contribution >= 0.6 is 0 Å². The van der Waals surface area contributed by atoms with Gasteiger partial charge in [0.25, 0.3) is 0 Å². The van der Waals surface area contributed by atoms with E-state index in [1.165, 1.54) is 0 Å². The molecule has 0 aromatic carbocycles. The Kier molecular flexibility index (Phi) is 5.53. The second kappa shape index (κ2) is 6.92. The predicted molar refractivity (Wildman–Crippen MR) is 69.9 cm³/mol. The first-order valence-electron chi connectivity index (χ1n) is 5.76. The van der Waals surface area contributed by atoms with E-state index in [1.807, 2.05) is 21.0 Å². The maximum absolute atomic E-state index is 9.02. The summed E-state index contributed by atoms with van der Waals surface area (Å²) in [4.78, 5) is 14.3. The van der Waals surface area contributed by atoms with Crippen molar-refractivity contribution in [3.8, 4) is 0 Å². The molecule has 0 aliphatic carbocycles. The van der Waals surface area contributed by atoms with Gasteiger partial charge in [0.05, 0.1) is 19.3 Å². The monoisotopic (exact) mass is 256 g/mol. The van der Waals surface area contributed by atoms with Crippen LogP contribution in [0.2, 0.25) is 0 Å². The standard InChI is InChI=1S/C10H20N6O2/c1-4-11-8-13-9(12-7(5-17)6-18)15-10(14-8)16(2)3/h7,17-18H,4-6H2,1-3H3,(H2,11,12,13,14,15). The van der Waals surface area contributed by atoms with Crippen molar-refractivity contribution in [3.05, 3.63) is 0 Å². The fourth-order valence-electron chi connectivity index (χ4n) is 1.20. The lowest BCUT2D eigenvalue weighted by Gasteiger charge is -2.16. The average Bonchev–Trinajstić information content (AvgIpc) is 2.36. The van der Waals surface area contributed by atoms with E-state index in [4.69, 9.17) is 10.2 Å². The normalized spacial score (nSPS) is 10.6. The molecule has 0 aliphatic heterocycles. The minimum absolute atomic E-state index is 0.198. The Morgan fingerprint density at radius 3 is 2.22 bits per heavy atom. The number of aromatic nitrogens is 3. The lowest BCUT2D eigenvalue weighted by atomic mass is 10.3. The third kappa shape index (κ3) is 3.97. The molecule has 102 valence electrons. The molecule has 0 saturated heterocycles. The zero-order valence-electron chi connectivity index (χ0n) is 10.9. The van der Waals surface area contributed by atoms with Gasteiger partial charge in [-0.3, -0.25) is 0 Å². The van der Waals surface area contributed by atoms with Gasteiger partial charge in [0.15, 0.2) is 0 Å². The number of anilines is 3. The smallest absolute Gasteiger partial charge is 0.231 e. The number of aliphatic hydroxyl groups excluding tert-OH is 2. The van der Waals surface area contributed by atoms with Gasteiger partial charge in [0.1, 0.15) is 0 Å². The van der Waals surface area contributed by atoms with E-state index in [0.29, 0.717) is 24.4 Å². The van der Waals surface area contributed by atoms with E-state index in [0.717, 1.165) is 0 Å². The molecular formula is C10H20N6O2. The first kappa shape index (κ1) is 14.4. The molecule has 1 aromatic heterocycles. The minimum Gasteiger partial charge on any atom is -0.394 e. The van der Waals surface area contributed by atoms with E-state index in [9.17, 15) is 0 Å². The Balaban J connectivity index is 2.95. The highest BCUT2D eigenvalue weighted by atomic mass is 16.3.